The predicted octanol–water partition coefficient (Wildman–Crippen LogP) is 4.16. The molecule has 5 heteroatoms. The van der Waals surface area contributed by atoms with Crippen molar-refractivity contribution >= 4 is 45.6 Å². The van der Waals surface area contributed by atoms with Crippen molar-refractivity contribution in [1.29, 1.82) is 0 Å². The second kappa shape index (κ2) is 6.12. The molecule has 0 atom stereocenters. The van der Waals surface area contributed by atoms with Crippen LogP contribution >= 0.6 is 28.6 Å². The maximum absolute atomic E-state index is 5.96. The maximum Gasteiger partial charge on any atom is 0.0669 e. The third kappa shape index (κ3) is 3.75. The molecule has 3 nitrogen and oxygen atoms in total. The standard InChI is InChI=1S/C14H14BrN3S/c1-9(13-7-2-10(15)8-14(13)16)17-18-11-3-5-12(19)6-4-11/h2-8,18-19H,16H2,1H3/b17-9+. The molecule has 3 N–H and O–H groups in total. The number of anilines is 2. The first kappa shape index (κ1) is 14.0. The molecule has 0 amide bonds. The molecule has 0 heterocycles. The van der Waals surface area contributed by atoms with E-state index in [1.807, 2.05) is 49.4 Å². The van der Waals surface area contributed by atoms with Gasteiger partial charge >= 0.3 is 0 Å². The molecule has 0 unspecified atom stereocenters. The molecule has 2 aromatic rings. The fourth-order valence-corrected chi connectivity index (χ4v) is 2.14. The number of thiol groups is 1. The lowest BCUT2D eigenvalue weighted by Gasteiger charge is -2.07. The first-order valence-corrected chi connectivity index (χ1v) is 6.95. The zero-order chi connectivity index (χ0) is 13.8. The Bertz CT molecular complexity index is 609. The van der Waals surface area contributed by atoms with Gasteiger partial charge in [-0.2, -0.15) is 5.10 Å². The predicted molar refractivity (Wildman–Crippen MR) is 88.1 cm³/mol. The van der Waals surface area contributed by atoms with Crippen molar-refractivity contribution in [2.45, 2.75) is 11.8 Å². The summed E-state index contributed by atoms with van der Waals surface area (Å²) in [6.07, 6.45) is 0. The molecular weight excluding hydrogens is 322 g/mol. The first-order valence-electron chi connectivity index (χ1n) is 5.71. The van der Waals surface area contributed by atoms with Crippen LogP contribution in [-0.2, 0) is 0 Å². The zero-order valence-corrected chi connectivity index (χ0v) is 12.9. The Morgan fingerprint density at radius 2 is 1.89 bits per heavy atom. The number of nitrogens with zero attached hydrogens (tertiary/aromatic N) is 1. The molecule has 0 aliphatic heterocycles. The lowest BCUT2D eigenvalue weighted by Crippen LogP contribution is -2.03. The van der Waals surface area contributed by atoms with Gasteiger partial charge in [0.2, 0.25) is 0 Å². The van der Waals surface area contributed by atoms with Gasteiger partial charge in [0.15, 0.2) is 0 Å². The molecule has 0 aliphatic carbocycles. The van der Waals surface area contributed by atoms with Gasteiger partial charge in [-0.3, -0.25) is 5.43 Å². The largest absolute Gasteiger partial charge is 0.398 e. The van der Waals surface area contributed by atoms with E-state index >= 15 is 0 Å². The Balaban J connectivity index is 2.16. The van der Waals surface area contributed by atoms with E-state index in [-0.39, 0.29) is 0 Å². The average Bonchev–Trinajstić information content (AvgIpc) is 2.37. The van der Waals surface area contributed by atoms with Gasteiger partial charge in [0.05, 0.1) is 11.4 Å². The number of benzene rings is 2. The Hall–Kier alpha value is -1.46. The molecule has 2 rings (SSSR count). The molecule has 0 saturated heterocycles. The van der Waals surface area contributed by atoms with E-state index in [1.165, 1.54) is 0 Å². The molecule has 2 aromatic carbocycles. The fourth-order valence-electron chi connectivity index (χ4n) is 1.61. The van der Waals surface area contributed by atoms with Crippen LogP contribution in [-0.4, -0.2) is 5.71 Å². The third-order valence-electron chi connectivity index (χ3n) is 2.62. The summed E-state index contributed by atoms with van der Waals surface area (Å²) in [4.78, 5) is 0.920. The molecule has 0 aromatic heterocycles. The summed E-state index contributed by atoms with van der Waals surface area (Å²) in [5.41, 5.74) is 12.3. The van der Waals surface area contributed by atoms with Crippen molar-refractivity contribution < 1.29 is 0 Å². The molecule has 0 bridgehead atoms. The van der Waals surface area contributed by atoms with E-state index in [2.05, 4.69) is 39.1 Å². The van der Waals surface area contributed by atoms with Crippen molar-refractivity contribution in [2.75, 3.05) is 11.2 Å². The van der Waals surface area contributed by atoms with Crippen molar-refractivity contribution in [3.8, 4) is 0 Å². The normalized spacial score (nSPS) is 11.4. The monoisotopic (exact) mass is 335 g/mol. The Labute approximate surface area is 126 Å². The topological polar surface area (TPSA) is 50.4 Å². The molecular formula is C14H14BrN3S. The number of halogens is 1. The highest BCUT2D eigenvalue weighted by molar-refractivity contribution is 9.10. The van der Waals surface area contributed by atoms with Gasteiger partial charge in [0.25, 0.3) is 0 Å². The summed E-state index contributed by atoms with van der Waals surface area (Å²) in [6.45, 7) is 1.92. The van der Waals surface area contributed by atoms with Crippen LogP contribution in [0, 0.1) is 0 Å². The van der Waals surface area contributed by atoms with Gasteiger partial charge in [0.1, 0.15) is 0 Å². The first-order chi connectivity index (χ1) is 9.06. The summed E-state index contributed by atoms with van der Waals surface area (Å²) in [6, 6.07) is 13.4. The van der Waals surface area contributed by atoms with Crippen molar-refractivity contribution in [3.05, 3.63) is 52.5 Å². The summed E-state index contributed by atoms with van der Waals surface area (Å²) in [5, 5.41) is 4.33. The molecule has 19 heavy (non-hydrogen) atoms. The number of nitrogens with two attached hydrogens (primary N) is 1. The van der Waals surface area contributed by atoms with Crippen molar-refractivity contribution in [2.24, 2.45) is 5.10 Å². The average molecular weight is 336 g/mol. The zero-order valence-electron chi connectivity index (χ0n) is 10.4. The second-order valence-corrected chi connectivity index (χ2v) is 5.52. The maximum atomic E-state index is 5.96. The highest BCUT2D eigenvalue weighted by atomic mass is 79.9. The number of hydrogen-bond donors (Lipinski definition) is 3. The van der Waals surface area contributed by atoms with E-state index in [1.54, 1.807) is 0 Å². The minimum Gasteiger partial charge on any atom is -0.398 e. The third-order valence-corrected chi connectivity index (χ3v) is 3.41. The van der Waals surface area contributed by atoms with Crippen LogP contribution in [0.25, 0.3) is 0 Å². The van der Waals surface area contributed by atoms with Gasteiger partial charge in [-0.1, -0.05) is 15.9 Å². The van der Waals surface area contributed by atoms with Gasteiger partial charge in [-0.05, 0) is 49.4 Å². The lowest BCUT2D eigenvalue weighted by molar-refractivity contribution is 1.31. The summed E-state index contributed by atoms with van der Waals surface area (Å²) in [5.74, 6) is 0. The van der Waals surface area contributed by atoms with Crippen LogP contribution in [0.3, 0.4) is 0 Å². The molecule has 0 saturated carbocycles. The molecule has 0 spiro atoms. The molecule has 0 aliphatic rings. The summed E-state index contributed by atoms with van der Waals surface area (Å²) >= 11 is 7.62. The van der Waals surface area contributed by atoms with E-state index in [9.17, 15) is 0 Å². The van der Waals surface area contributed by atoms with Gasteiger partial charge in [-0.15, -0.1) is 12.6 Å². The second-order valence-electron chi connectivity index (χ2n) is 4.09. The van der Waals surface area contributed by atoms with Gasteiger partial charge in [0, 0.05) is 20.6 Å². The van der Waals surface area contributed by atoms with E-state index < -0.39 is 0 Å². The Morgan fingerprint density at radius 1 is 1.21 bits per heavy atom. The van der Waals surface area contributed by atoms with Crippen molar-refractivity contribution in [3.63, 3.8) is 0 Å². The molecule has 0 fully saturated rings. The number of hydrazone groups is 1. The highest BCUT2D eigenvalue weighted by Gasteiger charge is 2.03. The minimum atomic E-state index is 0.697. The molecule has 98 valence electrons. The Morgan fingerprint density at radius 3 is 2.53 bits per heavy atom. The molecule has 0 radical (unpaired) electrons. The Kier molecular flexibility index (Phi) is 4.50. The van der Waals surface area contributed by atoms with Crippen LogP contribution in [0.2, 0.25) is 0 Å². The quantitative estimate of drug-likeness (QED) is 0.341. The van der Waals surface area contributed by atoms with Crippen LogP contribution in [0.5, 0.6) is 0 Å². The van der Waals surface area contributed by atoms with Gasteiger partial charge < -0.3 is 5.73 Å². The minimum absolute atomic E-state index is 0.697. The van der Waals surface area contributed by atoms with Crippen LogP contribution in [0.1, 0.15) is 12.5 Å². The summed E-state index contributed by atoms with van der Waals surface area (Å²) in [7, 11) is 0. The van der Waals surface area contributed by atoms with E-state index in [4.69, 9.17) is 5.73 Å². The van der Waals surface area contributed by atoms with Crippen LogP contribution < -0.4 is 11.2 Å². The number of rotatable bonds is 3. The fraction of sp³-hybridized carbons (Fsp3) is 0.0714. The SMILES string of the molecule is C/C(=N\Nc1ccc(S)cc1)c1ccc(Br)cc1N. The summed E-state index contributed by atoms with van der Waals surface area (Å²) < 4.78 is 0.957. The number of nitrogens with one attached hydrogen (secondary N) is 1. The van der Waals surface area contributed by atoms with E-state index in [0.717, 1.165) is 26.3 Å². The number of hydrogen-bond acceptors (Lipinski definition) is 4. The van der Waals surface area contributed by atoms with Crippen LogP contribution in [0.15, 0.2) is 56.9 Å². The lowest BCUT2D eigenvalue weighted by atomic mass is 10.1. The van der Waals surface area contributed by atoms with Crippen LogP contribution in [0.4, 0.5) is 11.4 Å². The van der Waals surface area contributed by atoms with Gasteiger partial charge in [-0.25, -0.2) is 0 Å². The van der Waals surface area contributed by atoms with E-state index in [0.29, 0.717) is 5.69 Å². The van der Waals surface area contributed by atoms with Crippen molar-refractivity contribution in [1.82, 2.24) is 0 Å². The smallest absolute Gasteiger partial charge is 0.0669 e. The number of nitrogen functional groups attached to an aromatic ring is 1. The highest BCUT2D eigenvalue weighted by Crippen LogP contribution is 2.19.